The van der Waals surface area contributed by atoms with Crippen molar-refractivity contribution >= 4 is 5.78 Å². The Labute approximate surface area is 128 Å². The zero-order valence-electron chi connectivity index (χ0n) is 13.8. The fourth-order valence-electron chi connectivity index (χ4n) is 1.46. The summed E-state index contributed by atoms with van der Waals surface area (Å²) in [6, 6.07) is 0.497. The number of hydrogen-bond donors (Lipinski definition) is 2. The highest BCUT2D eigenvalue weighted by atomic mass is 16.5. The lowest BCUT2D eigenvalue weighted by molar-refractivity contribution is -0.117. The number of ketones is 1. The van der Waals surface area contributed by atoms with Crippen molar-refractivity contribution in [3.8, 4) is 0 Å². The molecule has 0 aliphatic heterocycles. The van der Waals surface area contributed by atoms with Crippen LogP contribution >= 0.6 is 0 Å². The Morgan fingerprint density at radius 2 is 1.43 bits per heavy atom. The first-order valence-corrected chi connectivity index (χ1v) is 7.85. The van der Waals surface area contributed by atoms with E-state index in [2.05, 4.69) is 24.5 Å². The minimum absolute atomic E-state index is 0.224. The first kappa shape index (κ1) is 20.5. The summed E-state index contributed by atoms with van der Waals surface area (Å²) in [5, 5.41) is 6.31. The molecule has 0 aromatic carbocycles. The molecule has 0 heterocycles. The second kappa shape index (κ2) is 15.9. The molecule has 0 aromatic heterocycles. The summed E-state index contributed by atoms with van der Waals surface area (Å²) in [7, 11) is 0. The quantitative estimate of drug-likeness (QED) is 0.407. The molecule has 0 aromatic rings. The lowest BCUT2D eigenvalue weighted by Crippen LogP contribution is -2.27. The van der Waals surface area contributed by atoms with E-state index in [9.17, 15) is 4.79 Å². The van der Waals surface area contributed by atoms with Crippen molar-refractivity contribution in [2.45, 2.75) is 33.2 Å². The van der Waals surface area contributed by atoms with Gasteiger partial charge in [0, 0.05) is 25.6 Å². The van der Waals surface area contributed by atoms with Crippen LogP contribution < -0.4 is 10.6 Å². The fraction of sp³-hybridized carbons (Fsp3) is 0.933. The molecule has 0 bridgehead atoms. The second-order valence-corrected chi connectivity index (χ2v) is 5.01. The van der Waals surface area contributed by atoms with Gasteiger partial charge in [0.2, 0.25) is 0 Å². The number of nitrogens with one attached hydrogen (secondary N) is 2. The Bertz CT molecular complexity index is 238. The van der Waals surface area contributed by atoms with Gasteiger partial charge in [-0.1, -0.05) is 20.8 Å². The molecule has 0 rings (SSSR count). The van der Waals surface area contributed by atoms with Gasteiger partial charge in [-0.05, 0) is 0 Å². The van der Waals surface area contributed by atoms with Gasteiger partial charge < -0.3 is 24.8 Å². The van der Waals surface area contributed by atoms with Crippen LogP contribution in [0.15, 0.2) is 0 Å². The predicted molar refractivity (Wildman–Crippen MR) is 83.8 cm³/mol. The van der Waals surface area contributed by atoms with Gasteiger partial charge in [0.15, 0.2) is 0 Å². The highest BCUT2D eigenvalue weighted by Gasteiger charge is 1.96. The molecule has 2 N–H and O–H groups in total. The van der Waals surface area contributed by atoms with E-state index < -0.39 is 0 Å². The zero-order valence-corrected chi connectivity index (χ0v) is 13.8. The largest absolute Gasteiger partial charge is 0.378 e. The van der Waals surface area contributed by atoms with E-state index in [0.717, 1.165) is 6.54 Å². The Hall–Kier alpha value is -0.530. The molecule has 0 fully saturated rings. The standard InChI is InChI=1S/C15H32N2O4/c1-4-15(18)13-16-5-7-19-9-11-21-12-10-20-8-6-17-14(2)3/h14,16-17H,4-13H2,1-3H3. The maximum Gasteiger partial charge on any atom is 0.146 e. The number of ether oxygens (including phenoxy) is 3. The highest BCUT2D eigenvalue weighted by Crippen LogP contribution is 1.82. The summed E-state index contributed by atoms with van der Waals surface area (Å²) in [4.78, 5) is 11.0. The maximum absolute atomic E-state index is 11.0. The predicted octanol–water partition coefficient (Wildman–Crippen LogP) is 0.603. The van der Waals surface area contributed by atoms with Crippen LogP contribution in [0.25, 0.3) is 0 Å². The van der Waals surface area contributed by atoms with Gasteiger partial charge in [-0.25, -0.2) is 0 Å². The lowest BCUT2D eigenvalue weighted by atomic mass is 10.3. The summed E-state index contributed by atoms with van der Waals surface area (Å²) >= 11 is 0. The van der Waals surface area contributed by atoms with Crippen LogP contribution in [-0.2, 0) is 19.0 Å². The Kier molecular flexibility index (Phi) is 15.5. The van der Waals surface area contributed by atoms with Crippen LogP contribution in [0.4, 0.5) is 0 Å². The summed E-state index contributed by atoms with van der Waals surface area (Å²) in [5.41, 5.74) is 0. The van der Waals surface area contributed by atoms with Crippen molar-refractivity contribution in [1.82, 2.24) is 10.6 Å². The van der Waals surface area contributed by atoms with Crippen molar-refractivity contribution in [2.24, 2.45) is 0 Å². The van der Waals surface area contributed by atoms with E-state index in [4.69, 9.17) is 14.2 Å². The molecule has 0 saturated heterocycles. The first-order valence-electron chi connectivity index (χ1n) is 7.85. The number of hydrogen-bond acceptors (Lipinski definition) is 6. The van der Waals surface area contributed by atoms with Gasteiger partial charge in [0.05, 0.1) is 46.2 Å². The van der Waals surface area contributed by atoms with Gasteiger partial charge in [-0.3, -0.25) is 4.79 Å². The lowest BCUT2D eigenvalue weighted by Gasteiger charge is -2.09. The van der Waals surface area contributed by atoms with Crippen LogP contribution in [0.1, 0.15) is 27.2 Å². The van der Waals surface area contributed by atoms with Gasteiger partial charge in [-0.2, -0.15) is 0 Å². The zero-order chi connectivity index (χ0) is 15.8. The molecule has 6 heteroatoms. The van der Waals surface area contributed by atoms with E-state index in [0.29, 0.717) is 65.2 Å². The van der Waals surface area contributed by atoms with E-state index in [1.165, 1.54) is 0 Å². The highest BCUT2D eigenvalue weighted by molar-refractivity contribution is 5.80. The molecule has 0 radical (unpaired) electrons. The van der Waals surface area contributed by atoms with Gasteiger partial charge in [-0.15, -0.1) is 0 Å². The summed E-state index contributed by atoms with van der Waals surface area (Å²) in [6.07, 6.45) is 0.581. The number of rotatable bonds is 16. The number of carbonyl (C=O) groups is 1. The molecule has 0 amide bonds. The summed E-state index contributed by atoms with van der Waals surface area (Å²) in [6.45, 7) is 11.7. The smallest absolute Gasteiger partial charge is 0.146 e. The Balaban J connectivity index is 3.01. The monoisotopic (exact) mass is 304 g/mol. The second-order valence-electron chi connectivity index (χ2n) is 5.01. The van der Waals surface area contributed by atoms with E-state index >= 15 is 0 Å². The molecule has 0 unspecified atom stereocenters. The minimum atomic E-state index is 0.224. The van der Waals surface area contributed by atoms with Gasteiger partial charge in [0.25, 0.3) is 0 Å². The minimum Gasteiger partial charge on any atom is -0.378 e. The molecule has 0 aliphatic carbocycles. The van der Waals surface area contributed by atoms with Crippen LogP contribution in [0.2, 0.25) is 0 Å². The van der Waals surface area contributed by atoms with E-state index in [1.807, 2.05) is 6.92 Å². The third kappa shape index (κ3) is 17.4. The Morgan fingerprint density at radius 1 is 0.905 bits per heavy atom. The van der Waals surface area contributed by atoms with Crippen molar-refractivity contribution in [3.63, 3.8) is 0 Å². The molecular formula is C15H32N2O4. The third-order valence-electron chi connectivity index (χ3n) is 2.68. The van der Waals surface area contributed by atoms with Crippen molar-refractivity contribution < 1.29 is 19.0 Å². The van der Waals surface area contributed by atoms with Crippen molar-refractivity contribution in [3.05, 3.63) is 0 Å². The Morgan fingerprint density at radius 3 is 1.95 bits per heavy atom. The average molecular weight is 304 g/mol. The third-order valence-corrected chi connectivity index (χ3v) is 2.68. The number of carbonyl (C=O) groups excluding carboxylic acids is 1. The van der Waals surface area contributed by atoms with E-state index in [-0.39, 0.29) is 5.78 Å². The summed E-state index contributed by atoms with van der Waals surface area (Å²) in [5.74, 6) is 0.224. The molecule has 0 spiro atoms. The molecule has 0 aliphatic rings. The van der Waals surface area contributed by atoms with Crippen LogP contribution in [0.3, 0.4) is 0 Å². The van der Waals surface area contributed by atoms with Crippen LogP contribution in [-0.4, -0.2) is 71.1 Å². The average Bonchev–Trinajstić information content (AvgIpc) is 2.46. The normalized spacial score (nSPS) is 11.2. The van der Waals surface area contributed by atoms with Gasteiger partial charge in [0.1, 0.15) is 5.78 Å². The first-order chi connectivity index (χ1) is 10.2. The molecule has 126 valence electrons. The number of Topliss-reactive ketones (excluding diaryl/α,β-unsaturated/α-hetero) is 1. The van der Waals surface area contributed by atoms with E-state index in [1.54, 1.807) is 0 Å². The fourth-order valence-corrected chi connectivity index (χ4v) is 1.46. The van der Waals surface area contributed by atoms with Crippen molar-refractivity contribution in [1.29, 1.82) is 0 Å². The van der Waals surface area contributed by atoms with Gasteiger partial charge >= 0.3 is 0 Å². The van der Waals surface area contributed by atoms with Crippen molar-refractivity contribution in [2.75, 3.05) is 59.3 Å². The van der Waals surface area contributed by atoms with Crippen LogP contribution in [0, 0.1) is 0 Å². The summed E-state index contributed by atoms with van der Waals surface area (Å²) < 4.78 is 16.2. The molecular weight excluding hydrogens is 272 g/mol. The molecule has 0 saturated carbocycles. The molecule has 6 nitrogen and oxygen atoms in total. The SMILES string of the molecule is CCC(=O)CNCCOCCOCCOCCNC(C)C. The molecule has 21 heavy (non-hydrogen) atoms. The topological polar surface area (TPSA) is 68.8 Å². The maximum atomic E-state index is 11.0. The molecule has 0 atom stereocenters. The van der Waals surface area contributed by atoms with Crippen LogP contribution in [0.5, 0.6) is 0 Å².